The predicted molar refractivity (Wildman–Crippen MR) is 59.4 cm³/mol. The van der Waals surface area contributed by atoms with Gasteiger partial charge in [0.1, 0.15) is 0 Å². The topological polar surface area (TPSA) is 72.5 Å². The first-order valence-electron chi connectivity index (χ1n) is 4.75. The summed E-state index contributed by atoms with van der Waals surface area (Å²) >= 11 is 0. The second-order valence-electron chi connectivity index (χ2n) is 2.94. The Kier molecular flexibility index (Phi) is 5.18. The van der Waals surface area contributed by atoms with Crippen LogP contribution in [0, 0.1) is 0 Å². The number of aliphatic imine (C=N–C) groups is 1. The van der Waals surface area contributed by atoms with E-state index in [9.17, 15) is 0 Å². The largest absolute Gasteiger partial charge is 0.383 e. The van der Waals surface area contributed by atoms with E-state index in [1.54, 1.807) is 13.3 Å². The van der Waals surface area contributed by atoms with Crippen molar-refractivity contribution >= 4 is 5.96 Å². The lowest BCUT2D eigenvalue weighted by Gasteiger charge is -2.03. The van der Waals surface area contributed by atoms with Crippen LogP contribution < -0.4 is 11.1 Å². The summed E-state index contributed by atoms with van der Waals surface area (Å²) in [5.74, 6) is 0.415. The second-order valence-corrected chi connectivity index (χ2v) is 2.94. The Morgan fingerprint density at radius 2 is 2.47 bits per heavy atom. The summed E-state index contributed by atoms with van der Waals surface area (Å²) in [5, 5.41) is 2.93. The quantitative estimate of drug-likeness (QED) is 0.410. The van der Waals surface area contributed by atoms with E-state index < -0.39 is 0 Å². The highest BCUT2D eigenvalue weighted by Gasteiger charge is 1.92. The average molecular weight is 208 g/mol. The Bertz CT molecular complexity index is 300. The normalized spacial score (nSPS) is 11.4. The van der Waals surface area contributed by atoms with Crippen molar-refractivity contribution in [1.82, 2.24) is 10.3 Å². The molecule has 0 saturated carbocycles. The van der Waals surface area contributed by atoms with Crippen LogP contribution in [0.3, 0.4) is 0 Å². The molecule has 1 rings (SSSR count). The van der Waals surface area contributed by atoms with Crippen molar-refractivity contribution in [3.63, 3.8) is 0 Å². The van der Waals surface area contributed by atoms with E-state index in [1.807, 2.05) is 18.2 Å². The number of methoxy groups -OCH3 is 1. The molecule has 3 N–H and O–H groups in total. The van der Waals surface area contributed by atoms with Gasteiger partial charge in [-0.3, -0.25) is 4.98 Å². The van der Waals surface area contributed by atoms with Gasteiger partial charge in [0.25, 0.3) is 0 Å². The van der Waals surface area contributed by atoms with Crippen LogP contribution in [0.25, 0.3) is 0 Å². The number of nitrogens with zero attached hydrogens (tertiary/aromatic N) is 2. The molecule has 82 valence electrons. The maximum absolute atomic E-state index is 5.62. The van der Waals surface area contributed by atoms with Gasteiger partial charge in [0.2, 0.25) is 0 Å². The van der Waals surface area contributed by atoms with Gasteiger partial charge in [-0.1, -0.05) is 6.07 Å². The van der Waals surface area contributed by atoms with E-state index in [4.69, 9.17) is 10.5 Å². The fourth-order valence-corrected chi connectivity index (χ4v) is 0.995. The zero-order valence-electron chi connectivity index (χ0n) is 8.81. The van der Waals surface area contributed by atoms with E-state index in [2.05, 4.69) is 15.3 Å². The molecular formula is C10H16N4O. The van der Waals surface area contributed by atoms with Crippen molar-refractivity contribution in [1.29, 1.82) is 0 Å². The summed E-state index contributed by atoms with van der Waals surface area (Å²) < 4.78 is 4.87. The Morgan fingerprint density at radius 1 is 1.60 bits per heavy atom. The third-order valence-corrected chi connectivity index (χ3v) is 1.75. The van der Waals surface area contributed by atoms with Gasteiger partial charge < -0.3 is 15.8 Å². The number of ether oxygens (including phenoxy) is 1. The van der Waals surface area contributed by atoms with E-state index in [0.717, 1.165) is 5.69 Å². The van der Waals surface area contributed by atoms with Crippen LogP contribution >= 0.6 is 0 Å². The SMILES string of the molecule is COCCNC(N)=NCc1ccccn1. The van der Waals surface area contributed by atoms with Crippen molar-refractivity contribution in [2.24, 2.45) is 10.7 Å². The third-order valence-electron chi connectivity index (χ3n) is 1.75. The van der Waals surface area contributed by atoms with Crippen LogP contribution in [0.5, 0.6) is 0 Å². The van der Waals surface area contributed by atoms with Gasteiger partial charge >= 0.3 is 0 Å². The fraction of sp³-hybridized carbons (Fsp3) is 0.400. The maximum Gasteiger partial charge on any atom is 0.189 e. The van der Waals surface area contributed by atoms with Gasteiger partial charge in [0.05, 0.1) is 18.8 Å². The Morgan fingerprint density at radius 3 is 3.13 bits per heavy atom. The summed E-state index contributed by atoms with van der Waals surface area (Å²) in [5.41, 5.74) is 6.52. The molecule has 1 aromatic rings. The maximum atomic E-state index is 5.62. The summed E-state index contributed by atoms with van der Waals surface area (Å²) in [6.45, 7) is 1.76. The number of hydrogen-bond acceptors (Lipinski definition) is 3. The molecule has 0 aliphatic rings. The zero-order valence-corrected chi connectivity index (χ0v) is 8.81. The Labute approximate surface area is 89.4 Å². The van der Waals surface area contributed by atoms with Crippen LogP contribution in [0.2, 0.25) is 0 Å². The molecule has 0 fully saturated rings. The Balaban J connectivity index is 2.31. The Hall–Kier alpha value is -1.62. The van der Waals surface area contributed by atoms with Crippen molar-refractivity contribution in [2.45, 2.75) is 6.54 Å². The predicted octanol–water partition coefficient (Wildman–Crippen LogP) is 0.132. The lowest BCUT2D eigenvalue weighted by molar-refractivity contribution is 0.204. The molecule has 0 saturated heterocycles. The number of aromatic nitrogens is 1. The van der Waals surface area contributed by atoms with Gasteiger partial charge in [-0.2, -0.15) is 0 Å². The summed E-state index contributed by atoms with van der Waals surface area (Å²) in [4.78, 5) is 8.26. The first kappa shape index (κ1) is 11.5. The molecule has 0 atom stereocenters. The summed E-state index contributed by atoms with van der Waals surface area (Å²) in [7, 11) is 1.64. The molecule has 5 nitrogen and oxygen atoms in total. The van der Waals surface area contributed by atoms with Crippen LogP contribution in [0.1, 0.15) is 5.69 Å². The van der Waals surface area contributed by atoms with Crippen molar-refractivity contribution < 1.29 is 4.74 Å². The molecule has 1 heterocycles. The van der Waals surface area contributed by atoms with Crippen LogP contribution in [-0.4, -0.2) is 31.2 Å². The van der Waals surface area contributed by atoms with Crippen molar-refractivity contribution in [3.05, 3.63) is 30.1 Å². The van der Waals surface area contributed by atoms with Gasteiger partial charge in [-0.25, -0.2) is 4.99 Å². The standard InChI is InChI=1S/C10H16N4O/c1-15-7-6-13-10(11)14-8-9-4-2-3-5-12-9/h2-5H,6-8H2,1H3,(H3,11,13,14). The second kappa shape index (κ2) is 6.78. The van der Waals surface area contributed by atoms with E-state index in [-0.39, 0.29) is 0 Å². The first-order chi connectivity index (χ1) is 7.33. The molecule has 0 bridgehead atoms. The molecule has 0 radical (unpaired) electrons. The molecule has 0 spiro atoms. The number of hydrogen-bond donors (Lipinski definition) is 2. The van der Waals surface area contributed by atoms with Gasteiger partial charge in [-0.15, -0.1) is 0 Å². The van der Waals surface area contributed by atoms with Crippen molar-refractivity contribution in [2.75, 3.05) is 20.3 Å². The molecule has 5 heteroatoms. The van der Waals surface area contributed by atoms with Crippen LogP contribution in [0.15, 0.2) is 29.4 Å². The monoisotopic (exact) mass is 208 g/mol. The van der Waals surface area contributed by atoms with E-state index in [0.29, 0.717) is 25.7 Å². The number of nitrogens with one attached hydrogen (secondary N) is 1. The van der Waals surface area contributed by atoms with Crippen LogP contribution in [0.4, 0.5) is 0 Å². The molecule has 1 aromatic heterocycles. The van der Waals surface area contributed by atoms with Gasteiger partial charge in [0.15, 0.2) is 5.96 Å². The minimum Gasteiger partial charge on any atom is -0.383 e. The number of guanidine groups is 1. The molecule has 0 aliphatic carbocycles. The zero-order chi connectivity index (χ0) is 10.9. The lowest BCUT2D eigenvalue weighted by atomic mass is 10.3. The first-order valence-corrected chi connectivity index (χ1v) is 4.75. The van der Waals surface area contributed by atoms with E-state index >= 15 is 0 Å². The minimum absolute atomic E-state index is 0.415. The number of nitrogens with two attached hydrogens (primary N) is 1. The number of rotatable bonds is 5. The summed E-state index contributed by atoms with van der Waals surface area (Å²) in [6, 6.07) is 5.70. The number of pyridine rings is 1. The summed E-state index contributed by atoms with van der Waals surface area (Å²) in [6.07, 6.45) is 1.74. The van der Waals surface area contributed by atoms with Gasteiger partial charge in [-0.05, 0) is 12.1 Å². The van der Waals surface area contributed by atoms with Gasteiger partial charge in [0, 0.05) is 19.9 Å². The highest BCUT2D eigenvalue weighted by Crippen LogP contribution is 1.94. The smallest absolute Gasteiger partial charge is 0.189 e. The molecule has 0 aliphatic heterocycles. The molecule has 0 unspecified atom stereocenters. The lowest BCUT2D eigenvalue weighted by Crippen LogP contribution is -2.34. The molecule has 15 heavy (non-hydrogen) atoms. The average Bonchev–Trinajstić information content (AvgIpc) is 2.28. The molecule has 0 aromatic carbocycles. The van der Waals surface area contributed by atoms with Crippen LogP contribution in [-0.2, 0) is 11.3 Å². The van der Waals surface area contributed by atoms with E-state index in [1.165, 1.54) is 0 Å². The third kappa shape index (κ3) is 4.97. The highest BCUT2D eigenvalue weighted by atomic mass is 16.5. The van der Waals surface area contributed by atoms with Crippen molar-refractivity contribution in [3.8, 4) is 0 Å². The highest BCUT2D eigenvalue weighted by molar-refractivity contribution is 5.77. The fourth-order valence-electron chi connectivity index (χ4n) is 0.995. The minimum atomic E-state index is 0.415. The molecule has 0 amide bonds. The molecular weight excluding hydrogens is 192 g/mol.